The van der Waals surface area contributed by atoms with Gasteiger partial charge in [0, 0.05) is 26.2 Å². The van der Waals surface area contributed by atoms with Crippen LogP contribution in [0.4, 0.5) is 11.5 Å². The van der Waals surface area contributed by atoms with Crippen LogP contribution in [0.2, 0.25) is 0 Å². The Bertz CT molecular complexity index is 420. The van der Waals surface area contributed by atoms with Crippen molar-refractivity contribution in [2.24, 2.45) is 0 Å². The number of rotatable bonds is 4. The molecule has 0 bridgehead atoms. The molecule has 0 aliphatic rings. The predicted octanol–water partition coefficient (Wildman–Crippen LogP) is 2.35. The minimum Gasteiger partial charge on any atom is -0.472 e. The Labute approximate surface area is 94.9 Å². The van der Waals surface area contributed by atoms with Crippen LogP contribution in [0.5, 0.6) is 0 Å². The molecule has 0 spiro atoms. The molecule has 2 rings (SSSR count). The Morgan fingerprint density at radius 3 is 2.75 bits per heavy atom. The number of nitrogens with one attached hydrogen (secondary N) is 1. The predicted molar refractivity (Wildman–Crippen MR) is 64.6 cm³/mol. The molecule has 0 aliphatic heterocycles. The maximum atomic E-state index is 4.99. The summed E-state index contributed by atoms with van der Waals surface area (Å²) in [6.07, 6.45) is 5.23. The fraction of sp³-hybridized carbons (Fsp3) is 0.250. The molecular formula is C12H15N3O. The first-order valence-electron chi connectivity index (χ1n) is 5.14. The van der Waals surface area contributed by atoms with Gasteiger partial charge in [0.25, 0.3) is 0 Å². The van der Waals surface area contributed by atoms with E-state index in [0.29, 0.717) is 0 Å². The van der Waals surface area contributed by atoms with E-state index in [1.807, 2.05) is 43.4 Å². The Kier molecular flexibility index (Phi) is 3.10. The van der Waals surface area contributed by atoms with E-state index in [-0.39, 0.29) is 0 Å². The molecule has 84 valence electrons. The van der Waals surface area contributed by atoms with Gasteiger partial charge >= 0.3 is 0 Å². The number of furan rings is 1. The number of anilines is 2. The van der Waals surface area contributed by atoms with E-state index in [1.54, 1.807) is 12.5 Å². The second-order valence-corrected chi connectivity index (χ2v) is 3.78. The van der Waals surface area contributed by atoms with Crippen LogP contribution in [-0.4, -0.2) is 19.1 Å². The van der Waals surface area contributed by atoms with Crippen molar-refractivity contribution in [2.45, 2.75) is 6.54 Å². The molecular weight excluding hydrogens is 202 g/mol. The second kappa shape index (κ2) is 4.70. The van der Waals surface area contributed by atoms with Crippen LogP contribution in [0, 0.1) is 0 Å². The molecule has 0 saturated heterocycles. The van der Waals surface area contributed by atoms with Crippen molar-refractivity contribution < 1.29 is 4.42 Å². The van der Waals surface area contributed by atoms with E-state index in [0.717, 1.165) is 23.6 Å². The zero-order valence-electron chi connectivity index (χ0n) is 9.47. The smallest absolute Gasteiger partial charge is 0.126 e. The molecule has 0 fully saturated rings. The number of pyridine rings is 1. The third-order valence-corrected chi connectivity index (χ3v) is 2.32. The fourth-order valence-corrected chi connectivity index (χ4v) is 1.34. The summed E-state index contributed by atoms with van der Waals surface area (Å²) in [5, 5.41) is 3.22. The van der Waals surface area contributed by atoms with Crippen LogP contribution in [0.1, 0.15) is 5.56 Å². The summed E-state index contributed by atoms with van der Waals surface area (Å²) in [5.41, 5.74) is 2.20. The Balaban J connectivity index is 1.95. The lowest BCUT2D eigenvalue weighted by molar-refractivity contribution is 0.564. The van der Waals surface area contributed by atoms with Crippen molar-refractivity contribution in [3.63, 3.8) is 0 Å². The molecule has 4 heteroatoms. The molecule has 0 radical (unpaired) electrons. The summed E-state index contributed by atoms with van der Waals surface area (Å²) in [6.45, 7) is 0.727. The van der Waals surface area contributed by atoms with Crippen molar-refractivity contribution >= 4 is 11.5 Å². The molecule has 0 unspecified atom stereocenters. The first-order valence-corrected chi connectivity index (χ1v) is 5.14. The topological polar surface area (TPSA) is 41.3 Å². The minimum atomic E-state index is 0.727. The van der Waals surface area contributed by atoms with Gasteiger partial charge in [-0.05, 0) is 18.2 Å². The normalized spacial score (nSPS) is 10.1. The van der Waals surface area contributed by atoms with E-state index in [1.165, 1.54) is 0 Å². The molecule has 2 aromatic heterocycles. The molecule has 0 amide bonds. The van der Waals surface area contributed by atoms with Gasteiger partial charge in [-0.15, -0.1) is 0 Å². The van der Waals surface area contributed by atoms with Gasteiger partial charge in [0.05, 0.1) is 24.4 Å². The Morgan fingerprint density at radius 1 is 1.31 bits per heavy atom. The van der Waals surface area contributed by atoms with Gasteiger partial charge in [-0.2, -0.15) is 0 Å². The van der Waals surface area contributed by atoms with E-state index in [2.05, 4.69) is 10.3 Å². The molecule has 2 aromatic rings. The first-order chi connectivity index (χ1) is 7.75. The van der Waals surface area contributed by atoms with Gasteiger partial charge < -0.3 is 14.6 Å². The van der Waals surface area contributed by atoms with E-state index in [9.17, 15) is 0 Å². The van der Waals surface area contributed by atoms with Gasteiger partial charge in [0.15, 0.2) is 0 Å². The summed E-state index contributed by atoms with van der Waals surface area (Å²) in [4.78, 5) is 6.34. The van der Waals surface area contributed by atoms with Crippen LogP contribution >= 0.6 is 0 Å². The van der Waals surface area contributed by atoms with Crippen LogP contribution in [0.3, 0.4) is 0 Å². The summed E-state index contributed by atoms with van der Waals surface area (Å²) < 4.78 is 4.99. The summed E-state index contributed by atoms with van der Waals surface area (Å²) in [6, 6.07) is 5.93. The minimum absolute atomic E-state index is 0.727. The third kappa shape index (κ3) is 2.53. The SMILES string of the molecule is CN(C)c1ccc(NCc2ccoc2)nc1. The highest BCUT2D eigenvalue weighted by atomic mass is 16.3. The molecule has 0 saturated carbocycles. The van der Waals surface area contributed by atoms with Crippen molar-refractivity contribution in [3.05, 3.63) is 42.5 Å². The second-order valence-electron chi connectivity index (χ2n) is 3.78. The van der Waals surface area contributed by atoms with Crippen molar-refractivity contribution in [1.29, 1.82) is 0 Å². The molecule has 4 nitrogen and oxygen atoms in total. The highest BCUT2D eigenvalue weighted by Crippen LogP contribution is 2.12. The van der Waals surface area contributed by atoms with Crippen molar-refractivity contribution in [1.82, 2.24) is 4.98 Å². The highest BCUT2D eigenvalue weighted by Gasteiger charge is 1.98. The highest BCUT2D eigenvalue weighted by molar-refractivity contribution is 5.48. The monoisotopic (exact) mass is 217 g/mol. The lowest BCUT2D eigenvalue weighted by Crippen LogP contribution is -2.09. The van der Waals surface area contributed by atoms with Crippen molar-refractivity contribution in [3.8, 4) is 0 Å². The summed E-state index contributed by atoms with van der Waals surface area (Å²) in [5.74, 6) is 0.867. The van der Waals surface area contributed by atoms with E-state index < -0.39 is 0 Å². The van der Waals surface area contributed by atoms with Gasteiger partial charge in [-0.1, -0.05) is 0 Å². The first kappa shape index (κ1) is 10.5. The molecule has 0 aliphatic carbocycles. The lowest BCUT2D eigenvalue weighted by Gasteiger charge is -2.12. The third-order valence-electron chi connectivity index (χ3n) is 2.32. The maximum absolute atomic E-state index is 4.99. The van der Waals surface area contributed by atoms with Gasteiger partial charge in [0.2, 0.25) is 0 Å². The Morgan fingerprint density at radius 2 is 2.19 bits per heavy atom. The molecule has 0 aromatic carbocycles. The molecule has 2 heterocycles. The fourth-order valence-electron chi connectivity index (χ4n) is 1.34. The van der Waals surface area contributed by atoms with Crippen LogP contribution in [0.15, 0.2) is 41.3 Å². The van der Waals surface area contributed by atoms with Crippen molar-refractivity contribution in [2.75, 3.05) is 24.3 Å². The molecule has 0 atom stereocenters. The van der Waals surface area contributed by atoms with E-state index in [4.69, 9.17) is 4.42 Å². The van der Waals surface area contributed by atoms with Crippen LogP contribution in [0.25, 0.3) is 0 Å². The van der Waals surface area contributed by atoms with E-state index >= 15 is 0 Å². The van der Waals surface area contributed by atoms with Gasteiger partial charge in [-0.25, -0.2) is 4.98 Å². The summed E-state index contributed by atoms with van der Waals surface area (Å²) in [7, 11) is 3.99. The quantitative estimate of drug-likeness (QED) is 0.853. The average molecular weight is 217 g/mol. The number of nitrogens with zero attached hydrogens (tertiary/aromatic N) is 2. The zero-order chi connectivity index (χ0) is 11.4. The number of aromatic nitrogens is 1. The van der Waals surface area contributed by atoms with Crippen LogP contribution in [-0.2, 0) is 6.54 Å². The maximum Gasteiger partial charge on any atom is 0.126 e. The Hall–Kier alpha value is -1.97. The largest absolute Gasteiger partial charge is 0.472 e. The number of hydrogen-bond donors (Lipinski definition) is 1. The molecule has 1 N–H and O–H groups in total. The zero-order valence-corrected chi connectivity index (χ0v) is 9.47. The molecule has 16 heavy (non-hydrogen) atoms. The lowest BCUT2D eigenvalue weighted by atomic mass is 10.3. The summed E-state index contributed by atoms with van der Waals surface area (Å²) >= 11 is 0. The number of hydrogen-bond acceptors (Lipinski definition) is 4. The van der Waals surface area contributed by atoms with Gasteiger partial charge in [0.1, 0.15) is 5.82 Å². The van der Waals surface area contributed by atoms with Crippen LogP contribution < -0.4 is 10.2 Å². The van der Waals surface area contributed by atoms with Gasteiger partial charge in [-0.3, -0.25) is 0 Å². The average Bonchev–Trinajstić information content (AvgIpc) is 2.80. The standard InChI is InChI=1S/C12H15N3O/c1-15(2)11-3-4-12(14-8-11)13-7-10-5-6-16-9-10/h3-6,8-9H,7H2,1-2H3,(H,13,14).